The van der Waals surface area contributed by atoms with Crippen LogP contribution in [0.4, 0.5) is 0 Å². The van der Waals surface area contributed by atoms with E-state index in [0.717, 1.165) is 51.5 Å². The van der Waals surface area contributed by atoms with Gasteiger partial charge in [-0.2, -0.15) is 0 Å². The standard InChI is InChI=1S/C23H31N5O2S.HI/c1-2-24-23(25-7-10-27-9-5-18-17(14-27)6-12-31-18)26-8-11-28-21(29)19-15-3-4-16(13-15)20(19)22(28)30;/h3-4,6,12,15-16,19-20H,2,5,7-11,13-14H2,1H3,(H2,24,25,26);1H. The molecule has 32 heavy (non-hydrogen) atoms. The lowest BCUT2D eigenvalue weighted by Gasteiger charge is -2.26. The molecule has 2 bridgehead atoms. The SMILES string of the molecule is CCNC(=NCCN1CCc2sccc2C1)NCCN1C(=O)C2C3C=CC(C3)C2C1=O.I. The third kappa shape index (κ3) is 4.48. The van der Waals surface area contributed by atoms with Crippen molar-refractivity contribution in [2.75, 3.05) is 39.3 Å². The highest BCUT2D eigenvalue weighted by Crippen LogP contribution is 2.52. The molecule has 2 N–H and O–H groups in total. The van der Waals surface area contributed by atoms with Gasteiger partial charge in [0.05, 0.1) is 18.4 Å². The smallest absolute Gasteiger partial charge is 0.233 e. The Balaban J connectivity index is 0.00000245. The minimum Gasteiger partial charge on any atom is -0.357 e. The van der Waals surface area contributed by atoms with Crippen LogP contribution in [0.1, 0.15) is 23.8 Å². The van der Waals surface area contributed by atoms with E-state index in [9.17, 15) is 9.59 Å². The summed E-state index contributed by atoms with van der Waals surface area (Å²) in [5.74, 6) is 1.10. The topological polar surface area (TPSA) is 77.0 Å². The first-order valence-electron chi connectivity index (χ1n) is 11.5. The third-order valence-corrected chi connectivity index (χ3v) is 8.13. The zero-order chi connectivity index (χ0) is 21.4. The molecule has 4 aliphatic rings. The molecule has 174 valence electrons. The van der Waals surface area contributed by atoms with E-state index >= 15 is 0 Å². The molecule has 9 heteroatoms. The molecule has 5 rings (SSSR count). The lowest BCUT2D eigenvalue weighted by Crippen LogP contribution is -2.44. The Labute approximate surface area is 210 Å². The summed E-state index contributed by atoms with van der Waals surface area (Å²) in [5.41, 5.74) is 1.46. The highest BCUT2D eigenvalue weighted by Gasteiger charge is 2.58. The van der Waals surface area contributed by atoms with Gasteiger partial charge in [0.2, 0.25) is 11.8 Å². The number of imide groups is 1. The average molecular weight is 570 g/mol. The molecule has 2 amide bonds. The molecule has 4 unspecified atom stereocenters. The number of hydrogen-bond acceptors (Lipinski definition) is 5. The van der Waals surface area contributed by atoms with E-state index in [4.69, 9.17) is 4.99 Å². The van der Waals surface area contributed by atoms with Crippen molar-refractivity contribution in [3.63, 3.8) is 0 Å². The van der Waals surface area contributed by atoms with Crippen LogP contribution in [0.5, 0.6) is 0 Å². The summed E-state index contributed by atoms with van der Waals surface area (Å²) in [6.45, 7) is 7.48. The van der Waals surface area contributed by atoms with Gasteiger partial charge in [0, 0.05) is 44.1 Å². The van der Waals surface area contributed by atoms with Crippen LogP contribution in [0.3, 0.4) is 0 Å². The summed E-state index contributed by atoms with van der Waals surface area (Å²) >= 11 is 1.86. The molecule has 0 radical (unpaired) electrons. The lowest BCUT2D eigenvalue weighted by atomic mass is 9.85. The number of likely N-dealkylation sites (tertiary alicyclic amines) is 1. The van der Waals surface area contributed by atoms with E-state index in [-0.39, 0.29) is 59.5 Å². The Morgan fingerprint density at radius 3 is 2.62 bits per heavy atom. The molecule has 0 spiro atoms. The maximum Gasteiger partial charge on any atom is 0.233 e. The number of rotatable bonds is 7. The van der Waals surface area contributed by atoms with Crippen molar-refractivity contribution < 1.29 is 9.59 Å². The number of halogens is 1. The van der Waals surface area contributed by atoms with Gasteiger partial charge in [0.25, 0.3) is 0 Å². The second-order valence-corrected chi connectivity index (χ2v) is 9.91. The summed E-state index contributed by atoms with van der Waals surface area (Å²) in [5, 5.41) is 8.75. The summed E-state index contributed by atoms with van der Waals surface area (Å²) < 4.78 is 0. The molecule has 1 saturated carbocycles. The summed E-state index contributed by atoms with van der Waals surface area (Å²) in [7, 11) is 0. The number of aliphatic imine (C=N–C) groups is 1. The predicted octanol–water partition coefficient (Wildman–Crippen LogP) is 2.09. The Bertz CT molecular complexity index is 886. The van der Waals surface area contributed by atoms with Gasteiger partial charge in [-0.05, 0) is 48.6 Å². The average Bonchev–Trinajstić information content (AvgIpc) is 3.54. The number of carbonyl (C=O) groups excluding carboxylic acids is 2. The second kappa shape index (κ2) is 10.2. The Morgan fingerprint density at radius 2 is 1.91 bits per heavy atom. The molecule has 1 saturated heterocycles. The van der Waals surface area contributed by atoms with Gasteiger partial charge in [-0.25, -0.2) is 0 Å². The number of fused-ring (bicyclic) bond motifs is 6. The molecule has 3 heterocycles. The van der Waals surface area contributed by atoms with Crippen LogP contribution >= 0.6 is 35.3 Å². The predicted molar refractivity (Wildman–Crippen MR) is 137 cm³/mol. The van der Waals surface area contributed by atoms with Crippen molar-refractivity contribution in [2.45, 2.75) is 26.3 Å². The Morgan fingerprint density at radius 1 is 1.16 bits per heavy atom. The van der Waals surface area contributed by atoms with Crippen molar-refractivity contribution in [3.8, 4) is 0 Å². The molecular formula is C23H32IN5O2S. The van der Waals surface area contributed by atoms with Crippen molar-refractivity contribution in [3.05, 3.63) is 34.0 Å². The fourth-order valence-electron chi connectivity index (χ4n) is 5.61. The number of amides is 2. The molecule has 7 nitrogen and oxygen atoms in total. The van der Waals surface area contributed by atoms with Crippen molar-refractivity contribution in [2.24, 2.45) is 28.7 Å². The molecule has 1 aromatic heterocycles. The van der Waals surface area contributed by atoms with Crippen LogP contribution in [0.15, 0.2) is 28.6 Å². The monoisotopic (exact) mass is 569 g/mol. The number of nitrogens with zero attached hydrogens (tertiary/aromatic N) is 3. The zero-order valence-corrected chi connectivity index (χ0v) is 21.6. The van der Waals surface area contributed by atoms with Gasteiger partial charge in [-0.3, -0.25) is 24.4 Å². The number of thiophene rings is 1. The first-order chi connectivity index (χ1) is 15.2. The molecule has 1 aromatic rings. The lowest BCUT2D eigenvalue weighted by molar-refractivity contribution is -0.140. The van der Waals surface area contributed by atoms with E-state index < -0.39 is 0 Å². The largest absolute Gasteiger partial charge is 0.357 e. The maximum atomic E-state index is 12.8. The Kier molecular flexibility index (Phi) is 7.56. The molecular weight excluding hydrogens is 537 g/mol. The van der Waals surface area contributed by atoms with Crippen molar-refractivity contribution in [1.82, 2.24) is 20.4 Å². The van der Waals surface area contributed by atoms with Crippen molar-refractivity contribution in [1.29, 1.82) is 0 Å². The van der Waals surface area contributed by atoms with E-state index in [2.05, 4.69) is 39.1 Å². The van der Waals surface area contributed by atoms with Gasteiger partial charge < -0.3 is 10.6 Å². The van der Waals surface area contributed by atoms with Gasteiger partial charge in [-0.1, -0.05) is 12.2 Å². The first kappa shape index (κ1) is 23.7. The summed E-state index contributed by atoms with van der Waals surface area (Å²) in [6, 6.07) is 2.23. The van der Waals surface area contributed by atoms with Gasteiger partial charge in [0.15, 0.2) is 5.96 Å². The second-order valence-electron chi connectivity index (χ2n) is 8.91. The van der Waals surface area contributed by atoms with Gasteiger partial charge in [-0.15, -0.1) is 35.3 Å². The first-order valence-corrected chi connectivity index (χ1v) is 12.4. The zero-order valence-electron chi connectivity index (χ0n) is 18.5. The van der Waals surface area contributed by atoms with E-state index in [1.807, 2.05) is 18.3 Å². The highest BCUT2D eigenvalue weighted by molar-refractivity contribution is 14.0. The fraction of sp³-hybridized carbons (Fsp3) is 0.609. The number of allylic oxidation sites excluding steroid dienone is 2. The fourth-order valence-corrected chi connectivity index (χ4v) is 6.50. The summed E-state index contributed by atoms with van der Waals surface area (Å²) in [6.07, 6.45) is 6.37. The van der Waals surface area contributed by atoms with Crippen LogP contribution < -0.4 is 10.6 Å². The molecule has 0 aromatic carbocycles. The minimum absolute atomic E-state index is 0. The number of hydrogen-bond donors (Lipinski definition) is 2. The van der Waals surface area contributed by atoms with Crippen LogP contribution in [-0.2, 0) is 22.6 Å². The minimum atomic E-state index is -0.113. The van der Waals surface area contributed by atoms with Gasteiger partial charge in [0.1, 0.15) is 0 Å². The third-order valence-electron chi connectivity index (χ3n) is 7.11. The quantitative estimate of drug-likeness (QED) is 0.173. The maximum absolute atomic E-state index is 12.8. The summed E-state index contributed by atoms with van der Waals surface area (Å²) in [4.78, 5) is 35.7. The Hall–Kier alpha value is -1.46. The van der Waals surface area contributed by atoms with E-state index in [1.165, 1.54) is 15.3 Å². The van der Waals surface area contributed by atoms with Crippen LogP contribution in [0.2, 0.25) is 0 Å². The van der Waals surface area contributed by atoms with Crippen LogP contribution in [0, 0.1) is 23.7 Å². The highest BCUT2D eigenvalue weighted by atomic mass is 127. The number of nitrogens with one attached hydrogen (secondary N) is 2. The number of carbonyl (C=O) groups is 2. The van der Waals surface area contributed by atoms with Gasteiger partial charge >= 0.3 is 0 Å². The molecule has 2 aliphatic heterocycles. The van der Waals surface area contributed by atoms with E-state index in [1.54, 1.807) is 0 Å². The van der Waals surface area contributed by atoms with Crippen LogP contribution in [-0.4, -0.2) is 66.8 Å². The number of guanidine groups is 1. The molecule has 4 atom stereocenters. The molecule has 2 fully saturated rings. The van der Waals surface area contributed by atoms with Crippen molar-refractivity contribution >= 4 is 53.1 Å². The molecule has 2 aliphatic carbocycles. The van der Waals surface area contributed by atoms with E-state index in [0.29, 0.717) is 13.1 Å². The normalized spacial score (nSPS) is 28.7. The van der Waals surface area contributed by atoms with Crippen LogP contribution in [0.25, 0.3) is 0 Å².